The van der Waals surface area contributed by atoms with Crippen LogP contribution in [-0.2, 0) is 4.74 Å². The number of ether oxygens (including phenoxy) is 1. The SMILES string of the molecule is CNC1CCCC1N(C)C1CCOC1. The van der Waals surface area contributed by atoms with E-state index in [1.54, 1.807) is 0 Å². The molecule has 1 saturated carbocycles. The van der Waals surface area contributed by atoms with E-state index < -0.39 is 0 Å². The largest absolute Gasteiger partial charge is 0.380 e. The molecule has 1 aliphatic carbocycles. The van der Waals surface area contributed by atoms with Crippen molar-refractivity contribution in [2.45, 2.75) is 43.8 Å². The summed E-state index contributed by atoms with van der Waals surface area (Å²) in [5.41, 5.74) is 0. The molecular formula is C11H22N2O. The summed E-state index contributed by atoms with van der Waals surface area (Å²) in [6, 6.07) is 2.08. The highest BCUT2D eigenvalue weighted by molar-refractivity contribution is 4.91. The number of likely N-dealkylation sites (N-methyl/N-ethyl adjacent to an activating group) is 2. The van der Waals surface area contributed by atoms with Gasteiger partial charge in [-0.15, -0.1) is 0 Å². The summed E-state index contributed by atoms with van der Waals surface area (Å²) in [6.45, 7) is 1.88. The van der Waals surface area contributed by atoms with E-state index in [1.807, 2.05) is 0 Å². The first kappa shape index (κ1) is 10.4. The highest BCUT2D eigenvalue weighted by Crippen LogP contribution is 2.26. The van der Waals surface area contributed by atoms with Crippen LogP contribution in [0, 0.1) is 0 Å². The summed E-state index contributed by atoms with van der Waals surface area (Å²) >= 11 is 0. The Morgan fingerprint density at radius 2 is 2.14 bits per heavy atom. The van der Waals surface area contributed by atoms with Gasteiger partial charge in [-0.1, -0.05) is 6.42 Å². The van der Waals surface area contributed by atoms with Crippen LogP contribution in [0.15, 0.2) is 0 Å². The fourth-order valence-corrected chi connectivity index (χ4v) is 2.88. The normalized spacial score (nSPS) is 38.4. The Morgan fingerprint density at radius 3 is 2.79 bits per heavy atom. The van der Waals surface area contributed by atoms with Gasteiger partial charge < -0.3 is 10.1 Å². The number of rotatable bonds is 3. The average Bonchev–Trinajstić information content (AvgIpc) is 2.87. The molecule has 3 nitrogen and oxygen atoms in total. The first-order valence-electron chi connectivity index (χ1n) is 5.80. The topological polar surface area (TPSA) is 24.5 Å². The van der Waals surface area contributed by atoms with Crippen molar-refractivity contribution in [3.05, 3.63) is 0 Å². The summed E-state index contributed by atoms with van der Waals surface area (Å²) in [4.78, 5) is 2.54. The molecule has 1 N–H and O–H groups in total. The van der Waals surface area contributed by atoms with E-state index in [4.69, 9.17) is 4.74 Å². The van der Waals surface area contributed by atoms with Crippen molar-refractivity contribution < 1.29 is 4.74 Å². The van der Waals surface area contributed by atoms with Crippen LogP contribution in [0.1, 0.15) is 25.7 Å². The molecule has 3 atom stereocenters. The Hall–Kier alpha value is -0.120. The Kier molecular flexibility index (Phi) is 3.42. The first-order valence-corrected chi connectivity index (χ1v) is 5.80. The zero-order chi connectivity index (χ0) is 9.97. The minimum atomic E-state index is 0.661. The third-order valence-corrected chi connectivity index (χ3v) is 3.86. The molecule has 1 saturated heterocycles. The average molecular weight is 198 g/mol. The molecule has 82 valence electrons. The van der Waals surface area contributed by atoms with Gasteiger partial charge in [0.25, 0.3) is 0 Å². The van der Waals surface area contributed by atoms with Gasteiger partial charge in [0.1, 0.15) is 0 Å². The monoisotopic (exact) mass is 198 g/mol. The Balaban J connectivity index is 1.92. The second-order valence-corrected chi connectivity index (χ2v) is 4.58. The van der Waals surface area contributed by atoms with Gasteiger partial charge in [0, 0.05) is 24.7 Å². The number of nitrogens with zero attached hydrogens (tertiary/aromatic N) is 1. The minimum absolute atomic E-state index is 0.661. The molecule has 0 bridgehead atoms. The third kappa shape index (κ3) is 1.95. The highest BCUT2D eigenvalue weighted by Gasteiger charge is 2.33. The molecule has 0 radical (unpaired) electrons. The summed E-state index contributed by atoms with van der Waals surface area (Å²) in [5.74, 6) is 0. The van der Waals surface area contributed by atoms with Gasteiger partial charge in [-0.3, -0.25) is 4.90 Å². The van der Waals surface area contributed by atoms with E-state index in [1.165, 1.54) is 25.7 Å². The van der Waals surface area contributed by atoms with Crippen LogP contribution in [0.4, 0.5) is 0 Å². The fraction of sp³-hybridized carbons (Fsp3) is 1.00. The van der Waals surface area contributed by atoms with Crippen LogP contribution in [0.2, 0.25) is 0 Å². The van der Waals surface area contributed by atoms with Gasteiger partial charge in [-0.05, 0) is 33.4 Å². The van der Waals surface area contributed by atoms with Crippen molar-refractivity contribution in [1.82, 2.24) is 10.2 Å². The van der Waals surface area contributed by atoms with Crippen LogP contribution in [0.5, 0.6) is 0 Å². The lowest BCUT2D eigenvalue weighted by Gasteiger charge is -2.33. The summed E-state index contributed by atoms with van der Waals surface area (Å²) in [7, 11) is 4.35. The molecule has 3 unspecified atom stereocenters. The zero-order valence-corrected chi connectivity index (χ0v) is 9.33. The molecule has 0 aromatic heterocycles. The van der Waals surface area contributed by atoms with E-state index >= 15 is 0 Å². The van der Waals surface area contributed by atoms with Crippen molar-refractivity contribution in [1.29, 1.82) is 0 Å². The molecule has 0 spiro atoms. The maximum Gasteiger partial charge on any atom is 0.0622 e. The van der Waals surface area contributed by atoms with E-state index in [2.05, 4.69) is 24.3 Å². The second kappa shape index (κ2) is 4.60. The molecule has 2 rings (SSSR count). The Bertz CT molecular complexity index is 180. The molecule has 14 heavy (non-hydrogen) atoms. The third-order valence-electron chi connectivity index (χ3n) is 3.86. The van der Waals surface area contributed by atoms with Gasteiger partial charge in [0.15, 0.2) is 0 Å². The molecule has 0 aromatic carbocycles. The molecule has 3 heteroatoms. The number of hydrogen-bond donors (Lipinski definition) is 1. The summed E-state index contributed by atoms with van der Waals surface area (Å²) in [6.07, 6.45) is 5.26. The molecule has 2 fully saturated rings. The Morgan fingerprint density at radius 1 is 1.29 bits per heavy atom. The number of nitrogens with one attached hydrogen (secondary N) is 1. The molecule has 0 aromatic rings. The molecule has 1 heterocycles. The molecule has 1 aliphatic heterocycles. The van der Waals surface area contributed by atoms with E-state index in [9.17, 15) is 0 Å². The number of hydrogen-bond acceptors (Lipinski definition) is 3. The van der Waals surface area contributed by atoms with E-state index in [0.717, 1.165) is 19.3 Å². The van der Waals surface area contributed by atoms with Crippen molar-refractivity contribution in [3.63, 3.8) is 0 Å². The van der Waals surface area contributed by atoms with Gasteiger partial charge in [0.05, 0.1) is 6.61 Å². The first-order chi connectivity index (χ1) is 6.83. The predicted molar refractivity (Wildman–Crippen MR) is 57.5 cm³/mol. The van der Waals surface area contributed by atoms with Gasteiger partial charge in [-0.25, -0.2) is 0 Å². The van der Waals surface area contributed by atoms with E-state index in [0.29, 0.717) is 12.1 Å². The lowest BCUT2D eigenvalue weighted by Crippen LogP contribution is -2.48. The highest BCUT2D eigenvalue weighted by atomic mass is 16.5. The van der Waals surface area contributed by atoms with Crippen LogP contribution in [0.25, 0.3) is 0 Å². The summed E-state index contributed by atoms with van der Waals surface area (Å²) in [5, 5.41) is 3.44. The quantitative estimate of drug-likeness (QED) is 0.727. The fourth-order valence-electron chi connectivity index (χ4n) is 2.88. The van der Waals surface area contributed by atoms with Gasteiger partial charge in [-0.2, -0.15) is 0 Å². The van der Waals surface area contributed by atoms with Crippen LogP contribution in [-0.4, -0.2) is 50.3 Å². The van der Waals surface area contributed by atoms with Crippen LogP contribution < -0.4 is 5.32 Å². The van der Waals surface area contributed by atoms with Gasteiger partial charge in [0.2, 0.25) is 0 Å². The molecule has 0 amide bonds. The maximum atomic E-state index is 5.44. The standard InChI is InChI=1S/C11H22N2O/c1-12-10-4-3-5-11(10)13(2)9-6-7-14-8-9/h9-12H,3-8H2,1-2H3. The molecule has 2 aliphatic rings. The maximum absolute atomic E-state index is 5.44. The van der Waals surface area contributed by atoms with Gasteiger partial charge >= 0.3 is 0 Å². The van der Waals surface area contributed by atoms with Crippen LogP contribution in [0.3, 0.4) is 0 Å². The summed E-state index contributed by atoms with van der Waals surface area (Å²) < 4.78 is 5.44. The molecular weight excluding hydrogens is 176 g/mol. The smallest absolute Gasteiger partial charge is 0.0622 e. The Labute approximate surface area is 86.8 Å². The second-order valence-electron chi connectivity index (χ2n) is 4.58. The van der Waals surface area contributed by atoms with Crippen molar-refractivity contribution >= 4 is 0 Å². The van der Waals surface area contributed by atoms with Crippen molar-refractivity contribution in [2.75, 3.05) is 27.3 Å². The minimum Gasteiger partial charge on any atom is -0.380 e. The lowest BCUT2D eigenvalue weighted by atomic mass is 10.1. The zero-order valence-electron chi connectivity index (χ0n) is 9.33. The van der Waals surface area contributed by atoms with Crippen molar-refractivity contribution in [2.24, 2.45) is 0 Å². The van der Waals surface area contributed by atoms with E-state index in [-0.39, 0.29) is 0 Å². The van der Waals surface area contributed by atoms with Crippen molar-refractivity contribution in [3.8, 4) is 0 Å². The lowest BCUT2D eigenvalue weighted by molar-refractivity contribution is 0.123. The van der Waals surface area contributed by atoms with Crippen LogP contribution >= 0.6 is 0 Å². The predicted octanol–water partition coefficient (Wildman–Crippen LogP) is 0.848.